The largest absolute Gasteiger partial charge is 0.368 e. The molecule has 5 heteroatoms. The van der Waals surface area contributed by atoms with Gasteiger partial charge in [0.2, 0.25) is 6.20 Å². The van der Waals surface area contributed by atoms with Crippen LogP contribution in [0.3, 0.4) is 0 Å². The number of hydrogen-bond donors (Lipinski definition) is 2. The summed E-state index contributed by atoms with van der Waals surface area (Å²) in [7, 11) is 0. The Morgan fingerprint density at radius 1 is 1.33 bits per heavy atom. The maximum Gasteiger partial charge on any atom is 0.294 e. The van der Waals surface area contributed by atoms with Gasteiger partial charge in [-0.2, -0.15) is 0 Å². The average molecular weight is 227 g/mol. The minimum atomic E-state index is -0.562. The van der Waals surface area contributed by atoms with Crippen LogP contribution >= 0.6 is 11.8 Å². The normalized spacial score (nSPS) is 19.3. The predicted molar refractivity (Wildman–Crippen MR) is 56.5 cm³/mol. The summed E-state index contributed by atoms with van der Waals surface area (Å²) in [6.45, 7) is 1.87. The molecule has 1 aromatic heterocycles. The summed E-state index contributed by atoms with van der Waals surface area (Å²) in [5.74, 6) is 0. The molecule has 0 radical (unpaired) electrons. The molecular weight excluding hydrogens is 212 g/mol. The van der Waals surface area contributed by atoms with Crippen LogP contribution in [0.1, 0.15) is 12.8 Å². The maximum absolute atomic E-state index is 9.89. The number of thioether (sulfide) groups is 1. The van der Waals surface area contributed by atoms with E-state index in [1.165, 1.54) is 11.8 Å². The lowest BCUT2D eigenvalue weighted by atomic mass is 10.4. The predicted octanol–water partition coefficient (Wildman–Crippen LogP) is 0.675. The zero-order chi connectivity index (χ0) is 10.7. The van der Waals surface area contributed by atoms with Gasteiger partial charge < -0.3 is 5.11 Å². The first-order chi connectivity index (χ1) is 7.27. The second-order valence-electron chi connectivity index (χ2n) is 3.57. The smallest absolute Gasteiger partial charge is 0.294 e. The first-order valence-electron chi connectivity index (χ1n) is 5.06. The molecule has 1 aliphatic heterocycles. The molecule has 0 bridgehead atoms. The van der Waals surface area contributed by atoms with Crippen LogP contribution in [0.2, 0.25) is 0 Å². The third-order valence-electron chi connectivity index (χ3n) is 2.48. The molecule has 0 spiro atoms. The molecule has 1 aliphatic rings. The Hall–Kier alpha value is -0.780. The van der Waals surface area contributed by atoms with E-state index < -0.39 is 5.56 Å². The summed E-state index contributed by atoms with van der Waals surface area (Å²) in [6, 6.07) is 5.36. The number of aliphatic hydroxyl groups excluding tert-OH is 1. The highest BCUT2D eigenvalue weighted by Gasteiger charge is 2.24. The van der Waals surface area contributed by atoms with Crippen LogP contribution in [0, 0.1) is 0 Å². The molecule has 1 aromatic rings. The van der Waals surface area contributed by atoms with Gasteiger partial charge in [-0.25, -0.2) is 0 Å². The third-order valence-corrected chi connectivity index (χ3v) is 3.56. The number of hydrogen-bond acceptors (Lipinski definition) is 4. The highest BCUT2D eigenvalue weighted by atomic mass is 32.2. The van der Waals surface area contributed by atoms with Gasteiger partial charge in [-0.15, -0.1) is 0 Å². The van der Waals surface area contributed by atoms with Crippen molar-refractivity contribution in [2.24, 2.45) is 0 Å². The Kier molecular flexibility index (Phi) is 3.45. The Balaban J connectivity index is 1.99. The number of likely N-dealkylation sites (tertiary alicyclic amines) is 1. The van der Waals surface area contributed by atoms with Crippen molar-refractivity contribution in [2.45, 2.75) is 23.4 Å². The quantitative estimate of drug-likeness (QED) is 0.345. The second kappa shape index (κ2) is 4.83. The van der Waals surface area contributed by atoms with Gasteiger partial charge >= 0.3 is 0 Å². The Morgan fingerprint density at radius 3 is 2.73 bits per heavy atom. The zero-order valence-electron chi connectivity index (χ0n) is 8.41. The SMILES string of the molecule is OC(Sc1cccc[n+]1O)N1CCCC1. The third kappa shape index (κ3) is 2.62. The van der Waals surface area contributed by atoms with Crippen LogP contribution in [0.4, 0.5) is 0 Å². The van der Waals surface area contributed by atoms with Crippen molar-refractivity contribution in [2.75, 3.05) is 13.1 Å². The molecule has 1 atom stereocenters. The van der Waals surface area contributed by atoms with Crippen molar-refractivity contribution in [1.82, 2.24) is 4.90 Å². The molecule has 1 unspecified atom stereocenters. The van der Waals surface area contributed by atoms with E-state index in [0.29, 0.717) is 5.03 Å². The fourth-order valence-corrected chi connectivity index (χ4v) is 2.56. The van der Waals surface area contributed by atoms with Gasteiger partial charge in [0.15, 0.2) is 5.56 Å². The highest BCUT2D eigenvalue weighted by molar-refractivity contribution is 7.99. The number of rotatable bonds is 3. The molecule has 0 amide bonds. The van der Waals surface area contributed by atoms with Crippen molar-refractivity contribution in [3.63, 3.8) is 0 Å². The number of pyridine rings is 1. The molecule has 82 valence electrons. The van der Waals surface area contributed by atoms with Crippen molar-refractivity contribution in [3.05, 3.63) is 24.4 Å². The lowest BCUT2D eigenvalue weighted by Gasteiger charge is -2.19. The van der Waals surface area contributed by atoms with Gasteiger partial charge in [0.05, 0.1) is 0 Å². The van der Waals surface area contributed by atoms with Gasteiger partial charge in [0, 0.05) is 30.0 Å². The van der Waals surface area contributed by atoms with Crippen LogP contribution < -0.4 is 4.73 Å². The lowest BCUT2D eigenvalue weighted by Crippen LogP contribution is -2.35. The molecule has 0 saturated carbocycles. The van der Waals surface area contributed by atoms with Crippen LogP contribution in [0.5, 0.6) is 0 Å². The number of aliphatic hydroxyl groups is 1. The minimum absolute atomic E-state index is 0.562. The van der Waals surface area contributed by atoms with E-state index >= 15 is 0 Å². The summed E-state index contributed by atoms with van der Waals surface area (Å²) in [4.78, 5) is 2.01. The minimum Gasteiger partial charge on any atom is -0.368 e. The van der Waals surface area contributed by atoms with Crippen LogP contribution in [-0.4, -0.2) is 33.9 Å². The number of nitrogens with zero attached hydrogens (tertiary/aromatic N) is 2. The van der Waals surface area contributed by atoms with Gasteiger partial charge in [-0.3, -0.25) is 10.1 Å². The summed E-state index contributed by atoms with van der Waals surface area (Å²) < 4.78 is 1.03. The summed E-state index contributed by atoms with van der Waals surface area (Å²) >= 11 is 1.26. The van der Waals surface area contributed by atoms with E-state index in [1.807, 2.05) is 11.0 Å². The first kappa shape index (κ1) is 10.7. The van der Waals surface area contributed by atoms with E-state index in [4.69, 9.17) is 0 Å². The fraction of sp³-hybridized carbons (Fsp3) is 0.500. The van der Waals surface area contributed by atoms with Gasteiger partial charge in [0.25, 0.3) is 5.03 Å². The zero-order valence-corrected chi connectivity index (χ0v) is 9.23. The van der Waals surface area contributed by atoms with Crippen LogP contribution in [0.25, 0.3) is 0 Å². The van der Waals surface area contributed by atoms with Crippen molar-refractivity contribution < 1.29 is 15.0 Å². The summed E-state index contributed by atoms with van der Waals surface area (Å²) in [6.07, 6.45) is 3.84. The Morgan fingerprint density at radius 2 is 2.07 bits per heavy atom. The van der Waals surface area contributed by atoms with Crippen molar-refractivity contribution in [1.29, 1.82) is 0 Å². The van der Waals surface area contributed by atoms with Crippen LogP contribution in [-0.2, 0) is 0 Å². The standard InChI is InChI=1S/C10H15N2O2S/c13-10(11-6-3-4-7-11)15-9-5-1-2-8-12(9)14/h1-2,5,8,10,13-14H,3-4,6-7H2/q+1. The highest BCUT2D eigenvalue weighted by Crippen LogP contribution is 2.23. The van der Waals surface area contributed by atoms with Gasteiger partial charge in [-0.1, -0.05) is 0 Å². The Bertz CT molecular complexity index is 329. The van der Waals surface area contributed by atoms with Crippen molar-refractivity contribution in [3.8, 4) is 0 Å². The first-order valence-corrected chi connectivity index (χ1v) is 5.94. The van der Waals surface area contributed by atoms with E-state index in [2.05, 4.69) is 0 Å². The molecule has 0 aromatic carbocycles. The monoisotopic (exact) mass is 227 g/mol. The molecule has 0 aliphatic carbocycles. The molecule has 1 saturated heterocycles. The van der Waals surface area contributed by atoms with Crippen LogP contribution in [0.15, 0.2) is 29.4 Å². The lowest BCUT2D eigenvalue weighted by molar-refractivity contribution is -0.932. The van der Waals surface area contributed by atoms with Crippen molar-refractivity contribution >= 4 is 11.8 Å². The van der Waals surface area contributed by atoms with E-state index in [-0.39, 0.29) is 0 Å². The second-order valence-corrected chi connectivity index (χ2v) is 4.65. The number of aromatic nitrogens is 1. The maximum atomic E-state index is 9.89. The molecule has 15 heavy (non-hydrogen) atoms. The van der Waals surface area contributed by atoms with Gasteiger partial charge in [0.1, 0.15) is 0 Å². The molecule has 4 nitrogen and oxygen atoms in total. The van der Waals surface area contributed by atoms with E-state index in [0.717, 1.165) is 30.7 Å². The average Bonchev–Trinajstić information content (AvgIpc) is 2.74. The fourth-order valence-electron chi connectivity index (χ4n) is 1.66. The topological polar surface area (TPSA) is 47.6 Å². The molecule has 2 rings (SSSR count). The molecule has 2 N–H and O–H groups in total. The molecular formula is C10H15N2O2S+. The Labute approximate surface area is 93.1 Å². The molecule has 2 heterocycles. The van der Waals surface area contributed by atoms with Gasteiger partial charge in [-0.05, 0) is 30.7 Å². The molecule has 1 fully saturated rings. The van der Waals surface area contributed by atoms with E-state index in [9.17, 15) is 10.3 Å². The summed E-state index contributed by atoms with van der Waals surface area (Å²) in [5.41, 5.74) is -0.562. The summed E-state index contributed by atoms with van der Waals surface area (Å²) in [5, 5.41) is 20.0. The van der Waals surface area contributed by atoms with E-state index in [1.54, 1.807) is 18.3 Å².